The number of phosphoric acid groups is 1. The molecule has 0 fully saturated rings. The van der Waals surface area contributed by atoms with E-state index in [1.807, 2.05) is 0 Å². The molecule has 4 nitrogen and oxygen atoms in total. The van der Waals surface area contributed by atoms with Gasteiger partial charge in [0.2, 0.25) is 0 Å². The minimum absolute atomic E-state index is 1.26. The molecule has 5 heteroatoms. The third-order valence-corrected chi connectivity index (χ3v) is 3.66. The average Bonchev–Trinajstić information content (AvgIpc) is 2.48. The summed E-state index contributed by atoms with van der Waals surface area (Å²) >= 11 is 0. The van der Waals surface area contributed by atoms with E-state index in [-0.39, 0.29) is 0 Å². The molecule has 0 bridgehead atoms. The Bertz CT molecular complexity index is 394. The van der Waals surface area contributed by atoms with Gasteiger partial charge in [0.25, 0.3) is 0 Å². The maximum Gasteiger partial charge on any atom is 0.466 e. The van der Waals surface area contributed by atoms with Gasteiger partial charge in [0.05, 0.1) is 0 Å². The molecule has 1 aromatic carbocycles. The molecule has 3 N–H and O–H groups in total. The second-order valence-corrected chi connectivity index (χ2v) is 6.96. The van der Waals surface area contributed by atoms with E-state index in [1.165, 1.54) is 76.2 Å². The monoisotopic (exact) mass is 344 g/mol. The van der Waals surface area contributed by atoms with Gasteiger partial charge < -0.3 is 14.7 Å². The first-order valence-corrected chi connectivity index (χ1v) is 10.3. The highest BCUT2D eigenvalue weighted by atomic mass is 31.2. The summed E-state index contributed by atoms with van der Waals surface area (Å²) in [6.07, 6.45) is 15.5. The van der Waals surface area contributed by atoms with E-state index in [0.29, 0.717) is 0 Å². The molecule has 0 spiro atoms. The number of aryl methyl sites for hydroxylation is 1. The van der Waals surface area contributed by atoms with E-state index < -0.39 is 7.82 Å². The lowest BCUT2D eigenvalue weighted by molar-refractivity contribution is 0.275. The summed E-state index contributed by atoms with van der Waals surface area (Å²) in [5, 5.41) is 0. The van der Waals surface area contributed by atoms with Gasteiger partial charge in [-0.15, -0.1) is 0 Å². The van der Waals surface area contributed by atoms with Crippen molar-refractivity contribution >= 4 is 7.82 Å². The van der Waals surface area contributed by atoms with Gasteiger partial charge in [-0.1, -0.05) is 95.0 Å². The van der Waals surface area contributed by atoms with Gasteiger partial charge in [0.15, 0.2) is 0 Å². The quantitative estimate of drug-likeness (QED) is 0.380. The lowest BCUT2D eigenvalue weighted by atomic mass is 10.0. The summed E-state index contributed by atoms with van der Waals surface area (Å²) in [4.78, 5) is 21.6. The number of unbranched alkanes of at least 4 members (excludes halogenated alkanes) is 9. The first kappa shape index (κ1) is 22.3. The van der Waals surface area contributed by atoms with Crippen LogP contribution in [0.3, 0.4) is 0 Å². The summed E-state index contributed by atoms with van der Waals surface area (Å²) < 4.78 is 8.88. The maximum atomic E-state index is 8.88. The predicted molar refractivity (Wildman–Crippen MR) is 96.3 cm³/mol. The largest absolute Gasteiger partial charge is 0.466 e. The van der Waals surface area contributed by atoms with E-state index in [0.717, 1.165) is 0 Å². The van der Waals surface area contributed by atoms with E-state index in [4.69, 9.17) is 19.2 Å². The van der Waals surface area contributed by atoms with Crippen molar-refractivity contribution in [3.05, 3.63) is 35.9 Å². The fourth-order valence-corrected chi connectivity index (χ4v) is 2.46. The fourth-order valence-electron chi connectivity index (χ4n) is 2.46. The highest BCUT2D eigenvalue weighted by Gasteiger charge is 2.00. The molecule has 0 aliphatic carbocycles. The lowest BCUT2D eigenvalue weighted by Gasteiger charge is -2.03. The number of hydrogen-bond acceptors (Lipinski definition) is 1. The van der Waals surface area contributed by atoms with Gasteiger partial charge in [0, 0.05) is 0 Å². The zero-order chi connectivity index (χ0) is 17.4. The fraction of sp³-hybridized carbons (Fsp3) is 0.667. The normalized spacial score (nSPS) is 11.0. The topological polar surface area (TPSA) is 77.8 Å². The highest BCUT2D eigenvalue weighted by molar-refractivity contribution is 7.45. The van der Waals surface area contributed by atoms with Crippen LogP contribution < -0.4 is 0 Å². The van der Waals surface area contributed by atoms with Crippen LogP contribution in [-0.4, -0.2) is 14.7 Å². The van der Waals surface area contributed by atoms with Gasteiger partial charge in [-0.3, -0.25) is 0 Å². The molecule has 134 valence electrons. The molecule has 23 heavy (non-hydrogen) atoms. The molecule has 0 heterocycles. The Morgan fingerprint density at radius 1 is 0.739 bits per heavy atom. The lowest BCUT2D eigenvalue weighted by Crippen LogP contribution is -1.86. The SMILES string of the molecule is CCCCCCCCCCCCc1ccccc1.O=P(O)(O)O. The molecule has 0 atom stereocenters. The van der Waals surface area contributed by atoms with Crippen LogP contribution in [0.5, 0.6) is 0 Å². The smallest absolute Gasteiger partial charge is 0.303 e. The zero-order valence-electron chi connectivity index (χ0n) is 14.4. The standard InChI is InChI=1S/C18H30.H3O4P/c1-2-3-4-5-6-7-8-9-10-12-15-18-16-13-11-14-17-18;1-5(2,3)4/h11,13-14,16-17H,2-10,12,15H2,1H3;(H3,1,2,3,4). The van der Waals surface area contributed by atoms with Crippen molar-refractivity contribution in [3.63, 3.8) is 0 Å². The molecule has 1 rings (SSSR count). The molecule has 0 aliphatic heterocycles. The van der Waals surface area contributed by atoms with E-state index in [2.05, 4.69) is 37.3 Å². The molecular formula is C18H33O4P. The van der Waals surface area contributed by atoms with Crippen molar-refractivity contribution in [1.29, 1.82) is 0 Å². The van der Waals surface area contributed by atoms with Crippen molar-refractivity contribution in [2.75, 3.05) is 0 Å². The molecule has 0 unspecified atom stereocenters. The predicted octanol–water partition coefficient (Wildman–Crippen LogP) is 5.22. The van der Waals surface area contributed by atoms with E-state index >= 15 is 0 Å². The molecule has 0 saturated carbocycles. The highest BCUT2D eigenvalue weighted by Crippen LogP contribution is 2.25. The van der Waals surface area contributed by atoms with Crippen LogP contribution >= 0.6 is 7.82 Å². The van der Waals surface area contributed by atoms with Gasteiger partial charge in [-0.2, -0.15) is 0 Å². The minimum Gasteiger partial charge on any atom is -0.303 e. The second-order valence-electron chi connectivity index (χ2n) is 5.93. The molecule has 0 aliphatic rings. The van der Waals surface area contributed by atoms with E-state index in [9.17, 15) is 0 Å². The molecule has 0 aromatic heterocycles. The first-order chi connectivity index (χ1) is 10.9. The van der Waals surface area contributed by atoms with Crippen LogP contribution in [0.25, 0.3) is 0 Å². The van der Waals surface area contributed by atoms with E-state index in [1.54, 1.807) is 0 Å². The van der Waals surface area contributed by atoms with Crippen molar-refractivity contribution in [3.8, 4) is 0 Å². The van der Waals surface area contributed by atoms with Crippen molar-refractivity contribution in [2.24, 2.45) is 0 Å². The molecule has 0 amide bonds. The van der Waals surface area contributed by atoms with Gasteiger partial charge >= 0.3 is 7.82 Å². The zero-order valence-corrected chi connectivity index (χ0v) is 15.3. The third-order valence-electron chi connectivity index (χ3n) is 3.66. The number of rotatable bonds is 11. The Labute approximate surface area is 141 Å². The van der Waals surface area contributed by atoms with Gasteiger partial charge in [0.1, 0.15) is 0 Å². The summed E-state index contributed by atoms with van der Waals surface area (Å²) in [6, 6.07) is 10.9. The van der Waals surface area contributed by atoms with Crippen LogP contribution in [-0.2, 0) is 11.0 Å². The minimum atomic E-state index is -4.64. The van der Waals surface area contributed by atoms with Crippen molar-refractivity contribution in [1.82, 2.24) is 0 Å². The van der Waals surface area contributed by atoms with Gasteiger partial charge in [-0.25, -0.2) is 4.57 Å². The first-order valence-electron chi connectivity index (χ1n) is 8.75. The maximum absolute atomic E-state index is 8.88. The Hall–Kier alpha value is -0.670. The summed E-state index contributed by atoms with van der Waals surface area (Å²) in [5.74, 6) is 0. The summed E-state index contributed by atoms with van der Waals surface area (Å²) in [5.41, 5.74) is 1.50. The summed E-state index contributed by atoms with van der Waals surface area (Å²) in [7, 11) is -4.64. The Morgan fingerprint density at radius 2 is 1.13 bits per heavy atom. The Kier molecular flexibility index (Phi) is 14.5. The van der Waals surface area contributed by atoms with Gasteiger partial charge in [-0.05, 0) is 18.4 Å². The molecular weight excluding hydrogens is 311 g/mol. The third kappa shape index (κ3) is 21.3. The molecule has 1 aromatic rings. The van der Waals surface area contributed by atoms with Crippen LogP contribution in [0.4, 0.5) is 0 Å². The molecule has 0 saturated heterocycles. The van der Waals surface area contributed by atoms with Crippen LogP contribution in [0, 0.1) is 0 Å². The average molecular weight is 344 g/mol. The summed E-state index contributed by atoms with van der Waals surface area (Å²) in [6.45, 7) is 2.28. The van der Waals surface area contributed by atoms with Crippen LogP contribution in [0.1, 0.15) is 76.7 Å². The van der Waals surface area contributed by atoms with Crippen molar-refractivity contribution < 1.29 is 19.2 Å². The van der Waals surface area contributed by atoms with Crippen LogP contribution in [0.15, 0.2) is 30.3 Å². The van der Waals surface area contributed by atoms with Crippen molar-refractivity contribution in [2.45, 2.75) is 77.6 Å². The Balaban J connectivity index is 0.000000841. The Morgan fingerprint density at radius 3 is 1.57 bits per heavy atom. The number of benzene rings is 1. The second kappa shape index (κ2) is 14.9. The van der Waals surface area contributed by atoms with Crippen LogP contribution in [0.2, 0.25) is 0 Å². The number of hydrogen-bond donors (Lipinski definition) is 3. The molecule has 0 radical (unpaired) electrons.